The highest BCUT2D eigenvalue weighted by Crippen LogP contribution is 2.31. The topological polar surface area (TPSA) is 76.5 Å². The molecule has 466 valence electrons. The third kappa shape index (κ3) is 23.0. The van der Waals surface area contributed by atoms with Gasteiger partial charge in [-0.05, 0) is 111 Å². The van der Waals surface area contributed by atoms with Crippen molar-refractivity contribution in [3.63, 3.8) is 0 Å². The van der Waals surface area contributed by atoms with Crippen molar-refractivity contribution in [1.82, 2.24) is 17.5 Å². The van der Waals surface area contributed by atoms with Gasteiger partial charge in [0, 0.05) is 60.8 Å². The number of aromatic nitrogens is 4. The second kappa shape index (κ2) is 40.7. The zero-order valence-corrected chi connectivity index (χ0v) is 56.1. The van der Waals surface area contributed by atoms with Gasteiger partial charge in [0.25, 0.3) is 0 Å². The van der Waals surface area contributed by atoms with Gasteiger partial charge < -0.3 is 19.3 Å². The van der Waals surface area contributed by atoms with Crippen molar-refractivity contribution in [1.29, 1.82) is 0 Å². The molecular weight excluding hydrogens is 1120 g/mol. The molecule has 2 aromatic heterocycles. The Hall–Kier alpha value is -6.82. The summed E-state index contributed by atoms with van der Waals surface area (Å²) >= 11 is 2.38. The summed E-state index contributed by atoms with van der Waals surface area (Å²) in [6.45, 7) is 19.2. The lowest BCUT2D eigenvalue weighted by atomic mass is 10.0. The van der Waals surface area contributed by atoms with Crippen LogP contribution >= 0.6 is 23.5 Å². The number of hydrogen-bond acceptors (Lipinski definition) is 10. The molecule has 2 heterocycles. The van der Waals surface area contributed by atoms with Gasteiger partial charge in [-0.1, -0.05) is 230 Å². The van der Waals surface area contributed by atoms with Crippen molar-refractivity contribution in [2.45, 2.75) is 221 Å². The van der Waals surface area contributed by atoms with Crippen LogP contribution in [-0.4, -0.2) is 56.9 Å². The van der Waals surface area contributed by atoms with Crippen molar-refractivity contribution in [2.24, 2.45) is 0 Å². The standard InChI is InChI=1S/C78H100N6O2S2/c1-7-13-19-25-27-33-59-85-73-61-70(50-48-68-46-44-66(76-78(68)82-88-80-76)42-36-64-39-53-72(54-40-64)84(57-31-23-17-11-5)58-32-24-18-12-6)74(86-60-34-28-26-20-14-8-2)62-69(73)49-47-67-45-43-65(75-77(67)81-87-79-75)41-35-63-37-51-71(52-38-63)83(55-29-21-15-9-3)56-30-22-16-10-4/h37-40,43-46,51-54,61-62H,7-34,55-60H2,1-6H3. The second-order valence-corrected chi connectivity index (χ2v) is 24.7. The number of ether oxygens (including phenoxy) is 2. The highest BCUT2D eigenvalue weighted by atomic mass is 32.1. The van der Waals surface area contributed by atoms with Crippen LogP contribution in [0.4, 0.5) is 11.4 Å². The van der Waals surface area contributed by atoms with Crippen LogP contribution in [0.1, 0.15) is 266 Å². The van der Waals surface area contributed by atoms with Crippen LogP contribution in [0, 0.1) is 47.4 Å². The van der Waals surface area contributed by atoms with Gasteiger partial charge in [-0.3, -0.25) is 0 Å². The van der Waals surface area contributed by atoms with Crippen LogP contribution in [0.15, 0.2) is 84.9 Å². The maximum atomic E-state index is 6.69. The molecule has 10 heteroatoms. The van der Waals surface area contributed by atoms with E-state index in [9.17, 15) is 0 Å². The van der Waals surface area contributed by atoms with E-state index < -0.39 is 0 Å². The summed E-state index contributed by atoms with van der Waals surface area (Å²) in [5.74, 6) is 29.1. The van der Waals surface area contributed by atoms with E-state index in [0.29, 0.717) is 24.7 Å². The van der Waals surface area contributed by atoms with Gasteiger partial charge >= 0.3 is 0 Å². The fourth-order valence-electron chi connectivity index (χ4n) is 11.0. The summed E-state index contributed by atoms with van der Waals surface area (Å²) in [4.78, 5) is 5.14. The molecule has 0 spiro atoms. The number of nitrogens with zero attached hydrogens (tertiary/aromatic N) is 6. The van der Waals surface area contributed by atoms with Gasteiger partial charge in [0.1, 0.15) is 33.6 Å². The second-order valence-electron chi connectivity index (χ2n) is 23.6. The molecule has 0 saturated heterocycles. The van der Waals surface area contributed by atoms with Crippen LogP contribution in [0.3, 0.4) is 0 Å². The predicted octanol–water partition coefficient (Wildman–Crippen LogP) is 20.7. The Morgan fingerprint density at radius 2 is 0.557 bits per heavy atom. The molecule has 0 saturated carbocycles. The fraction of sp³-hybridized carbons (Fsp3) is 0.513. The van der Waals surface area contributed by atoms with Crippen LogP contribution in [0.5, 0.6) is 11.5 Å². The van der Waals surface area contributed by atoms with E-state index in [-0.39, 0.29) is 0 Å². The number of benzene rings is 5. The number of fused-ring (bicyclic) bond motifs is 2. The van der Waals surface area contributed by atoms with E-state index in [1.807, 2.05) is 36.4 Å². The first kappa shape index (κ1) is 68.7. The molecule has 0 amide bonds. The van der Waals surface area contributed by atoms with E-state index in [4.69, 9.17) is 27.0 Å². The lowest BCUT2D eigenvalue weighted by Crippen LogP contribution is -2.25. The Morgan fingerprint density at radius 3 is 0.864 bits per heavy atom. The van der Waals surface area contributed by atoms with E-state index in [1.54, 1.807) is 0 Å². The molecule has 0 unspecified atom stereocenters. The zero-order valence-electron chi connectivity index (χ0n) is 54.4. The molecular formula is C78H100N6O2S2. The molecule has 0 aliphatic heterocycles. The van der Waals surface area contributed by atoms with Crippen LogP contribution in [0.25, 0.3) is 22.1 Å². The summed E-state index contributed by atoms with van der Waals surface area (Å²) in [6.07, 6.45) is 34.2. The highest BCUT2D eigenvalue weighted by molar-refractivity contribution is 7.00. The molecule has 5 aromatic carbocycles. The first-order valence-corrected chi connectivity index (χ1v) is 35.6. The Labute approximate surface area is 539 Å². The first-order chi connectivity index (χ1) is 43.5. The average molecular weight is 1220 g/mol. The molecule has 7 aromatic rings. The smallest absolute Gasteiger partial charge is 0.136 e. The molecule has 0 aliphatic rings. The number of unbranched alkanes of at least 4 members (excludes halogenated alkanes) is 22. The third-order valence-corrected chi connectivity index (χ3v) is 17.4. The molecule has 0 atom stereocenters. The van der Waals surface area contributed by atoms with Crippen LogP contribution in [0.2, 0.25) is 0 Å². The van der Waals surface area contributed by atoms with E-state index >= 15 is 0 Å². The Balaban J connectivity index is 1.15. The van der Waals surface area contributed by atoms with Crippen molar-refractivity contribution < 1.29 is 9.47 Å². The lowest BCUT2D eigenvalue weighted by Gasteiger charge is -2.25. The van der Waals surface area contributed by atoms with E-state index in [2.05, 4.69) is 147 Å². The minimum absolute atomic E-state index is 0.576. The molecule has 8 nitrogen and oxygen atoms in total. The predicted molar refractivity (Wildman–Crippen MR) is 377 cm³/mol. The molecule has 0 bridgehead atoms. The number of hydrogen-bond donors (Lipinski definition) is 0. The molecule has 88 heavy (non-hydrogen) atoms. The van der Waals surface area contributed by atoms with Crippen molar-refractivity contribution in [3.8, 4) is 58.9 Å². The van der Waals surface area contributed by atoms with Crippen LogP contribution < -0.4 is 19.3 Å². The Kier molecular flexibility index (Phi) is 31.7. The van der Waals surface area contributed by atoms with Gasteiger partial charge in [-0.2, -0.15) is 17.5 Å². The van der Waals surface area contributed by atoms with Gasteiger partial charge in [0.2, 0.25) is 0 Å². The van der Waals surface area contributed by atoms with E-state index in [0.717, 1.165) is 118 Å². The number of anilines is 2. The van der Waals surface area contributed by atoms with Crippen LogP contribution in [-0.2, 0) is 0 Å². The monoisotopic (exact) mass is 1220 g/mol. The summed E-state index contributed by atoms with van der Waals surface area (Å²) in [7, 11) is 0. The zero-order chi connectivity index (χ0) is 61.6. The molecule has 7 rings (SSSR count). The van der Waals surface area contributed by atoms with Gasteiger partial charge in [-0.25, -0.2) is 0 Å². The molecule has 0 N–H and O–H groups in total. The van der Waals surface area contributed by atoms with Gasteiger partial charge in [0.15, 0.2) is 0 Å². The normalized spacial score (nSPS) is 10.9. The Bertz CT molecular complexity index is 3160. The van der Waals surface area contributed by atoms with Crippen molar-refractivity contribution >= 4 is 56.9 Å². The summed E-state index contributed by atoms with van der Waals surface area (Å²) in [5, 5.41) is 0. The molecule has 0 fully saturated rings. The lowest BCUT2D eigenvalue weighted by molar-refractivity contribution is 0.295. The largest absolute Gasteiger partial charge is 0.492 e. The molecule has 0 radical (unpaired) electrons. The summed E-state index contributed by atoms with van der Waals surface area (Å²) < 4.78 is 32.4. The highest BCUT2D eigenvalue weighted by Gasteiger charge is 2.15. The molecule has 0 aliphatic carbocycles. The quantitative estimate of drug-likeness (QED) is 0.0280. The third-order valence-electron chi connectivity index (χ3n) is 16.4. The first-order valence-electron chi connectivity index (χ1n) is 34.2. The summed E-state index contributed by atoms with van der Waals surface area (Å²) in [6, 6.07) is 29.7. The van der Waals surface area contributed by atoms with Gasteiger partial charge in [-0.15, -0.1) is 0 Å². The maximum Gasteiger partial charge on any atom is 0.136 e. The average Bonchev–Trinajstić information content (AvgIpc) is 4.50. The SMILES string of the molecule is CCCCCCCCOc1cc(C#Cc2ccc(C#Cc3ccc(N(CCCCCC)CCCCCC)cc3)c3nsnc23)c(OCCCCCCCC)cc1C#Cc1ccc(C#Cc2ccc(N(CCCCCC)CCCCCC)cc2)c2nsnc12. The van der Waals surface area contributed by atoms with E-state index in [1.165, 1.54) is 189 Å². The van der Waals surface area contributed by atoms with Crippen molar-refractivity contribution in [2.75, 3.05) is 49.2 Å². The minimum Gasteiger partial charge on any atom is -0.492 e. The fourth-order valence-corrected chi connectivity index (χ4v) is 12.1. The summed E-state index contributed by atoms with van der Waals surface area (Å²) in [5.41, 5.74) is 12.2. The number of rotatable bonds is 38. The minimum atomic E-state index is 0.576. The van der Waals surface area contributed by atoms with Crippen molar-refractivity contribution in [3.05, 3.63) is 129 Å². The Morgan fingerprint density at radius 1 is 0.295 bits per heavy atom. The van der Waals surface area contributed by atoms with Gasteiger partial charge in [0.05, 0.1) is 70.1 Å². The maximum absolute atomic E-state index is 6.69.